The maximum atomic E-state index is 12.5. The maximum absolute atomic E-state index is 12.5. The molecule has 0 aliphatic rings. The third-order valence-electron chi connectivity index (χ3n) is 3.32. The Labute approximate surface area is 137 Å². The second-order valence-corrected chi connectivity index (χ2v) is 6.47. The minimum atomic E-state index is -4.58. The fraction of sp³-hybridized carbons (Fsp3) is 0.200. The molecule has 0 aromatic heterocycles. The van der Waals surface area contributed by atoms with E-state index in [-0.39, 0.29) is 11.3 Å². The zero-order valence-electron chi connectivity index (χ0n) is 12.6. The summed E-state index contributed by atoms with van der Waals surface area (Å²) in [5, 5.41) is 12.4. The van der Waals surface area contributed by atoms with Crippen LogP contribution in [0.15, 0.2) is 36.4 Å². The number of carboxylic acid groups (broad SMARTS) is 1. The zero-order valence-corrected chi connectivity index (χ0v) is 13.4. The van der Waals surface area contributed by atoms with Gasteiger partial charge in [0.1, 0.15) is 17.5 Å². The van der Waals surface area contributed by atoms with Crippen molar-refractivity contribution in [2.24, 2.45) is 0 Å². The van der Waals surface area contributed by atoms with Crippen LogP contribution in [0.4, 0.5) is 0 Å². The van der Waals surface area contributed by atoms with E-state index in [1.54, 1.807) is 36.4 Å². The predicted octanol–water partition coefficient (Wildman–Crippen LogP) is 0.919. The van der Waals surface area contributed by atoms with Gasteiger partial charge < -0.3 is 15.2 Å². The summed E-state index contributed by atoms with van der Waals surface area (Å²) in [5.74, 6) is -3.33. The first-order valence-electron chi connectivity index (χ1n) is 6.77. The Balaban J connectivity index is 2.45. The number of hydrogen-bond donors (Lipinski definition) is 3. The van der Waals surface area contributed by atoms with E-state index >= 15 is 0 Å². The Morgan fingerprint density at radius 3 is 2.46 bits per heavy atom. The van der Waals surface area contributed by atoms with Crippen molar-refractivity contribution in [3.05, 3.63) is 42.0 Å². The molecule has 0 saturated heterocycles. The molecule has 1 atom stereocenters. The van der Waals surface area contributed by atoms with E-state index in [0.29, 0.717) is 5.39 Å². The summed E-state index contributed by atoms with van der Waals surface area (Å²) in [6, 6.07) is 8.38. The van der Waals surface area contributed by atoms with E-state index in [2.05, 4.69) is 5.32 Å². The Kier molecular flexibility index (Phi) is 5.05. The molecular weight excluding hydrogens is 338 g/mol. The van der Waals surface area contributed by atoms with E-state index in [1.165, 1.54) is 7.11 Å². The van der Waals surface area contributed by atoms with Crippen LogP contribution in [0.25, 0.3) is 10.8 Å². The van der Waals surface area contributed by atoms with E-state index in [9.17, 15) is 18.0 Å². The average molecular weight is 353 g/mol. The number of amides is 1. The Morgan fingerprint density at radius 1 is 1.21 bits per heavy atom. The number of benzene rings is 2. The highest BCUT2D eigenvalue weighted by molar-refractivity contribution is 7.85. The van der Waals surface area contributed by atoms with E-state index in [1.807, 2.05) is 0 Å². The number of methoxy groups -OCH3 is 1. The van der Waals surface area contributed by atoms with Gasteiger partial charge in [0.05, 0.1) is 12.7 Å². The number of fused-ring (bicyclic) bond motifs is 1. The molecule has 0 saturated carbocycles. The van der Waals surface area contributed by atoms with E-state index < -0.39 is 33.8 Å². The van der Waals surface area contributed by atoms with Gasteiger partial charge >= 0.3 is 5.97 Å². The molecule has 0 fully saturated rings. The molecule has 1 amide bonds. The number of carbonyl (C=O) groups excluding carboxylic acids is 1. The van der Waals surface area contributed by atoms with Crippen molar-refractivity contribution in [1.82, 2.24) is 5.32 Å². The fourth-order valence-electron chi connectivity index (χ4n) is 2.27. The van der Waals surface area contributed by atoms with Crippen LogP contribution in [0.2, 0.25) is 0 Å². The lowest BCUT2D eigenvalue weighted by molar-refractivity contribution is -0.138. The van der Waals surface area contributed by atoms with Gasteiger partial charge in [-0.3, -0.25) is 9.35 Å². The van der Waals surface area contributed by atoms with Crippen LogP contribution >= 0.6 is 0 Å². The summed E-state index contributed by atoms with van der Waals surface area (Å²) in [7, 11) is -3.23. The first-order chi connectivity index (χ1) is 11.2. The fourth-order valence-corrected chi connectivity index (χ4v) is 2.92. The van der Waals surface area contributed by atoms with Crippen molar-refractivity contribution in [3.63, 3.8) is 0 Å². The lowest BCUT2D eigenvalue weighted by Crippen LogP contribution is -2.45. The summed E-state index contributed by atoms with van der Waals surface area (Å²) in [5.41, 5.74) is 0.0807. The molecule has 2 aromatic carbocycles. The Bertz CT molecular complexity index is 892. The number of ether oxygens (including phenoxy) is 1. The molecule has 0 heterocycles. The quantitative estimate of drug-likeness (QED) is 0.658. The molecular formula is C15H15NO7S. The van der Waals surface area contributed by atoms with E-state index in [4.69, 9.17) is 14.4 Å². The minimum Gasteiger partial charge on any atom is -0.496 e. The summed E-state index contributed by atoms with van der Waals surface area (Å²) in [6.07, 6.45) is 0. The number of rotatable bonds is 6. The van der Waals surface area contributed by atoms with Crippen LogP contribution < -0.4 is 10.1 Å². The first kappa shape index (κ1) is 17.7. The highest BCUT2D eigenvalue weighted by atomic mass is 32.2. The molecule has 1 unspecified atom stereocenters. The van der Waals surface area contributed by atoms with Gasteiger partial charge in [-0.25, -0.2) is 4.79 Å². The SMILES string of the molecule is COc1ccc2ccccc2c1C(=O)NC(CS(=O)(=O)O)C(=O)O. The van der Waals surface area contributed by atoms with Crippen molar-refractivity contribution in [2.45, 2.75) is 6.04 Å². The molecule has 0 radical (unpaired) electrons. The van der Waals surface area contributed by atoms with Crippen LogP contribution in [-0.2, 0) is 14.9 Å². The van der Waals surface area contributed by atoms with Gasteiger partial charge in [-0.15, -0.1) is 0 Å². The normalized spacial score (nSPS) is 12.6. The zero-order chi connectivity index (χ0) is 17.9. The predicted molar refractivity (Wildman–Crippen MR) is 85.8 cm³/mol. The Morgan fingerprint density at radius 2 is 1.88 bits per heavy atom. The molecule has 24 heavy (non-hydrogen) atoms. The third-order valence-corrected chi connectivity index (χ3v) is 4.07. The topological polar surface area (TPSA) is 130 Å². The smallest absolute Gasteiger partial charge is 0.327 e. The molecule has 2 aromatic rings. The largest absolute Gasteiger partial charge is 0.496 e. The van der Waals surface area contributed by atoms with Gasteiger partial charge in [0.25, 0.3) is 16.0 Å². The summed E-state index contributed by atoms with van der Waals surface area (Å²) < 4.78 is 35.8. The summed E-state index contributed by atoms with van der Waals surface area (Å²) >= 11 is 0. The minimum absolute atomic E-state index is 0.0807. The second-order valence-electron chi connectivity index (χ2n) is 4.98. The number of hydrogen-bond acceptors (Lipinski definition) is 5. The van der Waals surface area contributed by atoms with Crippen LogP contribution in [0.3, 0.4) is 0 Å². The average Bonchev–Trinajstić information content (AvgIpc) is 2.51. The molecule has 3 N–H and O–H groups in total. The van der Waals surface area contributed by atoms with Gasteiger partial charge in [0.2, 0.25) is 0 Å². The van der Waals surface area contributed by atoms with Crippen LogP contribution in [0, 0.1) is 0 Å². The lowest BCUT2D eigenvalue weighted by Gasteiger charge is -2.16. The van der Waals surface area contributed by atoms with Crippen molar-refractivity contribution >= 4 is 32.8 Å². The summed E-state index contributed by atoms with van der Waals surface area (Å²) in [4.78, 5) is 23.6. The third kappa shape index (κ3) is 4.00. The van der Waals surface area contributed by atoms with Gasteiger partial charge in [-0.05, 0) is 16.8 Å². The maximum Gasteiger partial charge on any atom is 0.327 e. The highest BCUT2D eigenvalue weighted by Crippen LogP contribution is 2.27. The van der Waals surface area contributed by atoms with Crippen LogP contribution in [-0.4, -0.2) is 48.9 Å². The molecule has 0 bridgehead atoms. The molecule has 8 nitrogen and oxygen atoms in total. The van der Waals surface area contributed by atoms with Crippen molar-refractivity contribution in [2.75, 3.05) is 12.9 Å². The number of nitrogens with one attached hydrogen (secondary N) is 1. The standard InChI is InChI=1S/C15H15NO7S/c1-23-12-7-6-9-4-2-3-5-10(9)13(12)14(17)16-11(15(18)19)8-24(20,21)22/h2-7,11H,8H2,1H3,(H,16,17)(H,18,19)(H,20,21,22). The Hall–Kier alpha value is -2.65. The van der Waals surface area contributed by atoms with E-state index in [0.717, 1.165) is 5.39 Å². The van der Waals surface area contributed by atoms with Crippen molar-refractivity contribution < 1.29 is 32.4 Å². The molecule has 128 valence electrons. The van der Waals surface area contributed by atoms with Gasteiger partial charge in [0, 0.05) is 0 Å². The highest BCUT2D eigenvalue weighted by Gasteiger charge is 2.28. The van der Waals surface area contributed by atoms with Gasteiger partial charge in [0.15, 0.2) is 0 Å². The first-order valence-corrected chi connectivity index (χ1v) is 8.38. The molecule has 9 heteroatoms. The van der Waals surface area contributed by atoms with Crippen molar-refractivity contribution in [3.8, 4) is 5.75 Å². The molecule has 0 spiro atoms. The molecule has 2 rings (SSSR count). The van der Waals surface area contributed by atoms with Gasteiger partial charge in [-0.2, -0.15) is 8.42 Å². The van der Waals surface area contributed by atoms with Crippen LogP contribution in [0.5, 0.6) is 5.75 Å². The van der Waals surface area contributed by atoms with Gasteiger partial charge in [-0.1, -0.05) is 30.3 Å². The monoisotopic (exact) mass is 353 g/mol. The number of carbonyl (C=O) groups is 2. The second kappa shape index (κ2) is 6.85. The number of aliphatic carboxylic acids is 1. The molecule has 0 aliphatic carbocycles. The van der Waals surface area contributed by atoms with Crippen molar-refractivity contribution in [1.29, 1.82) is 0 Å². The molecule has 0 aliphatic heterocycles. The summed E-state index contributed by atoms with van der Waals surface area (Å²) in [6.45, 7) is 0. The lowest BCUT2D eigenvalue weighted by atomic mass is 10.0. The van der Waals surface area contributed by atoms with Crippen LogP contribution in [0.1, 0.15) is 10.4 Å². The number of carboxylic acids is 1.